The quantitative estimate of drug-likeness (QED) is 0.278. The highest BCUT2D eigenvalue weighted by molar-refractivity contribution is 5.92. The van der Waals surface area contributed by atoms with Crippen molar-refractivity contribution in [3.63, 3.8) is 0 Å². The molecule has 0 heterocycles. The van der Waals surface area contributed by atoms with Gasteiger partial charge in [0.2, 0.25) is 0 Å². The molecule has 0 spiro atoms. The molecule has 6 nitrogen and oxygen atoms in total. The maximum atomic E-state index is 11.7. The molecule has 0 saturated heterocycles. The zero-order valence-electron chi connectivity index (χ0n) is 20.3. The summed E-state index contributed by atoms with van der Waals surface area (Å²) in [6.45, 7) is 1.56. The minimum Gasteiger partial charge on any atom is -0.492 e. The molecular formula is C29H34ClNO5. The van der Waals surface area contributed by atoms with E-state index in [4.69, 9.17) is 9.47 Å². The molecule has 0 unspecified atom stereocenters. The Hall–Kier alpha value is -3.06. The van der Waals surface area contributed by atoms with E-state index in [1.54, 1.807) is 6.07 Å². The van der Waals surface area contributed by atoms with E-state index in [1.807, 2.05) is 66.7 Å². The van der Waals surface area contributed by atoms with Crippen LogP contribution in [0.1, 0.15) is 54.1 Å². The lowest BCUT2D eigenvalue weighted by molar-refractivity contribution is 0.0686. The van der Waals surface area contributed by atoms with E-state index in [9.17, 15) is 15.0 Å². The van der Waals surface area contributed by atoms with Crippen LogP contribution >= 0.6 is 12.4 Å². The van der Waals surface area contributed by atoms with Gasteiger partial charge in [0.1, 0.15) is 23.7 Å². The Bertz CT molecular complexity index is 1080. The maximum Gasteiger partial charge on any atom is 0.339 e. The van der Waals surface area contributed by atoms with E-state index in [0.717, 1.165) is 48.1 Å². The van der Waals surface area contributed by atoms with Crippen LogP contribution < -0.4 is 14.8 Å². The summed E-state index contributed by atoms with van der Waals surface area (Å²) in [5.74, 6) is 0.210. The van der Waals surface area contributed by atoms with E-state index in [2.05, 4.69) is 5.32 Å². The highest BCUT2D eigenvalue weighted by Gasteiger charge is 2.19. The number of ether oxygens (including phenoxy) is 2. The molecular weight excluding hydrogens is 478 g/mol. The van der Waals surface area contributed by atoms with Gasteiger partial charge in [-0.2, -0.15) is 0 Å². The number of aliphatic hydroxyl groups excluding tert-OH is 1. The molecule has 0 aliphatic heterocycles. The number of carbonyl (C=O) groups is 1. The van der Waals surface area contributed by atoms with Crippen molar-refractivity contribution in [3.8, 4) is 22.6 Å². The van der Waals surface area contributed by atoms with Crippen molar-refractivity contribution >= 4 is 18.4 Å². The topological polar surface area (TPSA) is 88.0 Å². The van der Waals surface area contributed by atoms with Gasteiger partial charge in [-0.05, 0) is 66.6 Å². The number of carboxylic acids is 1. The van der Waals surface area contributed by atoms with Crippen molar-refractivity contribution in [3.05, 3.63) is 83.9 Å². The first-order valence-corrected chi connectivity index (χ1v) is 12.3. The second-order valence-electron chi connectivity index (χ2n) is 8.90. The molecule has 192 valence electrons. The van der Waals surface area contributed by atoms with Crippen LogP contribution in [0.4, 0.5) is 0 Å². The minimum absolute atomic E-state index is 0. The summed E-state index contributed by atoms with van der Waals surface area (Å²) in [6, 6.07) is 22.6. The smallest absolute Gasteiger partial charge is 0.339 e. The number of benzene rings is 3. The summed E-state index contributed by atoms with van der Waals surface area (Å²) in [5.41, 5.74) is 2.96. The number of rotatable bonds is 11. The fraction of sp³-hybridized carbons (Fsp3) is 0.345. The zero-order valence-corrected chi connectivity index (χ0v) is 21.1. The van der Waals surface area contributed by atoms with Gasteiger partial charge in [0, 0.05) is 13.1 Å². The van der Waals surface area contributed by atoms with Crippen molar-refractivity contribution in [1.29, 1.82) is 0 Å². The van der Waals surface area contributed by atoms with Crippen molar-refractivity contribution < 1.29 is 24.5 Å². The number of halogens is 1. The summed E-state index contributed by atoms with van der Waals surface area (Å²) in [7, 11) is 0. The molecule has 0 bridgehead atoms. The Morgan fingerprint density at radius 3 is 2.33 bits per heavy atom. The maximum absolute atomic E-state index is 11.7. The van der Waals surface area contributed by atoms with Gasteiger partial charge >= 0.3 is 5.97 Å². The van der Waals surface area contributed by atoms with Crippen LogP contribution in [0.5, 0.6) is 11.5 Å². The lowest BCUT2D eigenvalue weighted by atomic mass is 9.97. The third kappa shape index (κ3) is 7.72. The number of hydrogen-bond acceptors (Lipinski definition) is 5. The average Bonchev–Trinajstić information content (AvgIpc) is 2.89. The van der Waals surface area contributed by atoms with Crippen LogP contribution in [0.15, 0.2) is 72.8 Å². The van der Waals surface area contributed by atoms with Gasteiger partial charge in [0.05, 0.1) is 12.2 Å². The van der Waals surface area contributed by atoms with Crippen LogP contribution in [-0.2, 0) is 0 Å². The highest BCUT2D eigenvalue weighted by atomic mass is 35.5. The summed E-state index contributed by atoms with van der Waals surface area (Å²) in [5, 5.41) is 23.0. The van der Waals surface area contributed by atoms with Gasteiger partial charge < -0.3 is 25.0 Å². The van der Waals surface area contributed by atoms with E-state index in [1.165, 1.54) is 6.42 Å². The minimum atomic E-state index is -0.976. The second kappa shape index (κ2) is 13.9. The summed E-state index contributed by atoms with van der Waals surface area (Å²) >= 11 is 0. The third-order valence-corrected chi connectivity index (χ3v) is 6.32. The largest absolute Gasteiger partial charge is 0.492 e. The molecule has 3 aromatic carbocycles. The van der Waals surface area contributed by atoms with E-state index in [-0.39, 0.29) is 24.1 Å². The third-order valence-electron chi connectivity index (χ3n) is 6.32. The highest BCUT2D eigenvalue weighted by Crippen LogP contribution is 2.31. The van der Waals surface area contributed by atoms with Gasteiger partial charge in [0.25, 0.3) is 0 Å². The lowest BCUT2D eigenvalue weighted by Crippen LogP contribution is -2.26. The number of hydrogen-bond donors (Lipinski definition) is 3. The van der Waals surface area contributed by atoms with Crippen molar-refractivity contribution in [2.45, 2.75) is 44.3 Å². The molecule has 7 heteroatoms. The van der Waals surface area contributed by atoms with E-state index in [0.29, 0.717) is 25.4 Å². The van der Waals surface area contributed by atoms with Gasteiger partial charge in [-0.25, -0.2) is 4.79 Å². The molecule has 36 heavy (non-hydrogen) atoms. The van der Waals surface area contributed by atoms with Crippen molar-refractivity contribution in [2.24, 2.45) is 0 Å². The summed E-state index contributed by atoms with van der Waals surface area (Å²) < 4.78 is 11.9. The number of aliphatic hydroxyl groups is 1. The van der Waals surface area contributed by atoms with E-state index < -0.39 is 12.1 Å². The molecule has 3 aromatic rings. The monoisotopic (exact) mass is 511 g/mol. The molecule has 1 fully saturated rings. The molecule has 0 radical (unpaired) electrons. The normalized spacial score (nSPS) is 14.5. The fourth-order valence-electron chi connectivity index (χ4n) is 4.36. The Morgan fingerprint density at radius 2 is 1.64 bits per heavy atom. The van der Waals surface area contributed by atoms with E-state index >= 15 is 0 Å². The molecule has 4 rings (SSSR count). The average molecular weight is 512 g/mol. The van der Waals surface area contributed by atoms with Crippen LogP contribution in [-0.4, -0.2) is 42.0 Å². The Balaban J connectivity index is 0.00000361. The SMILES string of the molecule is Cl.O=C(O)c1ccc(-c2ccc(OCCNC[C@H](O)c3ccccc3)cc2)cc1OC1CCCCC1. The van der Waals surface area contributed by atoms with Gasteiger partial charge in [-0.15, -0.1) is 12.4 Å². The molecule has 1 atom stereocenters. The molecule has 1 saturated carbocycles. The number of aromatic carboxylic acids is 1. The first-order chi connectivity index (χ1) is 17.1. The van der Waals surface area contributed by atoms with Crippen LogP contribution in [0.25, 0.3) is 11.1 Å². The predicted octanol–water partition coefficient (Wildman–Crippen LogP) is 5.89. The Labute approximate surface area is 218 Å². The van der Waals surface area contributed by atoms with Crippen molar-refractivity contribution in [2.75, 3.05) is 19.7 Å². The van der Waals surface area contributed by atoms with Gasteiger partial charge in [-0.1, -0.05) is 55.0 Å². The van der Waals surface area contributed by atoms with Gasteiger partial charge in [-0.3, -0.25) is 0 Å². The molecule has 1 aliphatic carbocycles. The van der Waals surface area contributed by atoms with Gasteiger partial charge in [0.15, 0.2) is 0 Å². The Kier molecular flexibility index (Phi) is 10.6. The molecule has 3 N–H and O–H groups in total. The summed E-state index contributed by atoms with van der Waals surface area (Å²) in [6.07, 6.45) is 4.93. The first-order valence-electron chi connectivity index (χ1n) is 12.3. The number of nitrogens with one attached hydrogen (secondary N) is 1. The molecule has 0 aromatic heterocycles. The predicted molar refractivity (Wildman–Crippen MR) is 143 cm³/mol. The number of carboxylic acid groups (broad SMARTS) is 1. The molecule has 1 aliphatic rings. The zero-order chi connectivity index (χ0) is 24.5. The lowest BCUT2D eigenvalue weighted by Gasteiger charge is -2.24. The summed E-state index contributed by atoms with van der Waals surface area (Å²) in [4.78, 5) is 11.7. The van der Waals surface area contributed by atoms with Crippen LogP contribution in [0.3, 0.4) is 0 Å². The first kappa shape index (κ1) is 27.5. The molecule has 0 amide bonds. The fourth-order valence-corrected chi connectivity index (χ4v) is 4.36. The van der Waals surface area contributed by atoms with Crippen LogP contribution in [0, 0.1) is 0 Å². The van der Waals surface area contributed by atoms with Crippen LogP contribution in [0.2, 0.25) is 0 Å². The second-order valence-corrected chi connectivity index (χ2v) is 8.90. The standard InChI is InChI=1S/C29H33NO5.ClH/c31-27(22-7-3-1-4-8-22)20-30-17-18-34-24-14-11-21(12-15-24)23-13-16-26(29(32)33)28(19-23)35-25-9-5-2-6-10-25;/h1,3-4,7-8,11-16,19,25,27,30-31H,2,5-6,9-10,17-18,20H2,(H,32,33);1H/t27-;/m0./s1. The Morgan fingerprint density at radius 1 is 0.944 bits per heavy atom. The van der Waals surface area contributed by atoms with Crippen molar-refractivity contribution in [1.82, 2.24) is 5.32 Å².